The van der Waals surface area contributed by atoms with E-state index in [2.05, 4.69) is 21.2 Å². The summed E-state index contributed by atoms with van der Waals surface area (Å²) >= 11 is 9.64. The van der Waals surface area contributed by atoms with Gasteiger partial charge < -0.3 is 10.2 Å². The van der Waals surface area contributed by atoms with Gasteiger partial charge in [0.15, 0.2) is 0 Å². The Morgan fingerprint density at radius 3 is 2.26 bits per heavy atom. The number of sulfonamides is 1. The van der Waals surface area contributed by atoms with Crippen molar-refractivity contribution in [1.29, 1.82) is 0 Å². The fraction of sp³-hybridized carbons (Fsp3) is 0.310. The van der Waals surface area contributed by atoms with Gasteiger partial charge in [-0.15, -0.1) is 0 Å². The number of halogens is 5. The molecule has 3 aromatic carbocycles. The van der Waals surface area contributed by atoms with Gasteiger partial charge in [-0.05, 0) is 68.3 Å². The average molecular weight is 689 g/mol. The molecule has 226 valence electrons. The van der Waals surface area contributed by atoms with Crippen molar-refractivity contribution in [3.8, 4) is 0 Å². The van der Waals surface area contributed by atoms with Crippen LogP contribution in [0, 0.1) is 0 Å². The van der Waals surface area contributed by atoms with Gasteiger partial charge in [-0.25, -0.2) is 8.42 Å². The van der Waals surface area contributed by atoms with Crippen LogP contribution in [0.15, 0.2) is 82.2 Å². The molecule has 0 saturated carbocycles. The molecule has 0 bridgehead atoms. The Kier molecular flexibility index (Phi) is 11.1. The predicted molar refractivity (Wildman–Crippen MR) is 159 cm³/mol. The maximum Gasteiger partial charge on any atom is 0.416 e. The summed E-state index contributed by atoms with van der Waals surface area (Å²) in [5.41, 5.74) is -1.03. The van der Waals surface area contributed by atoms with Crippen molar-refractivity contribution in [2.45, 2.75) is 56.9 Å². The van der Waals surface area contributed by atoms with Gasteiger partial charge in [0.05, 0.1) is 21.2 Å². The van der Waals surface area contributed by atoms with Crippen LogP contribution in [0.4, 0.5) is 18.9 Å². The number of amides is 2. The number of anilines is 1. The molecule has 0 fully saturated rings. The number of nitrogens with one attached hydrogen (secondary N) is 1. The molecule has 0 aliphatic rings. The molecule has 0 spiro atoms. The molecule has 2 atom stereocenters. The zero-order valence-electron chi connectivity index (χ0n) is 23.0. The summed E-state index contributed by atoms with van der Waals surface area (Å²) < 4.78 is 69.8. The molecular formula is C29H30BrClF3N3O4S. The maximum absolute atomic E-state index is 14.0. The highest BCUT2D eigenvalue weighted by Gasteiger charge is 2.36. The van der Waals surface area contributed by atoms with E-state index >= 15 is 0 Å². The van der Waals surface area contributed by atoms with Crippen LogP contribution in [-0.4, -0.2) is 43.8 Å². The van der Waals surface area contributed by atoms with Crippen LogP contribution >= 0.6 is 27.5 Å². The third kappa shape index (κ3) is 8.26. The van der Waals surface area contributed by atoms with Crippen molar-refractivity contribution in [1.82, 2.24) is 10.2 Å². The van der Waals surface area contributed by atoms with E-state index in [0.717, 1.165) is 12.1 Å². The van der Waals surface area contributed by atoms with Gasteiger partial charge in [-0.1, -0.05) is 64.8 Å². The molecule has 42 heavy (non-hydrogen) atoms. The van der Waals surface area contributed by atoms with E-state index in [4.69, 9.17) is 11.6 Å². The first-order valence-corrected chi connectivity index (χ1v) is 15.5. The second-order valence-electron chi connectivity index (χ2n) is 9.63. The highest BCUT2D eigenvalue weighted by Crippen LogP contribution is 2.37. The zero-order chi connectivity index (χ0) is 31.2. The lowest BCUT2D eigenvalue weighted by atomic mass is 10.1. The molecule has 3 aromatic rings. The molecule has 0 aromatic heterocycles. The van der Waals surface area contributed by atoms with Crippen LogP contribution in [0.25, 0.3) is 0 Å². The number of benzene rings is 3. The van der Waals surface area contributed by atoms with Gasteiger partial charge in [0.1, 0.15) is 12.6 Å². The van der Waals surface area contributed by atoms with Crippen molar-refractivity contribution in [2.75, 3.05) is 10.8 Å². The first kappa shape index (κ1) is 33.4. The van der Waals surface area contributed by atoms with Crippen molar-refractivity contribution < 1.29 is 31.2 Å². The monoisotopic (exact) mass is 687 g/mol. The van der Waals surface area contributed by atoms with Crippen LogP contribution in [-0.2, 0) is 32.3 Å². The Morgan fingerprint density at radius 2 is 1.67 bits per heavy atom. The summed E-state index contributed by atoms with van der Waals surface area (Å²) in [4.78, 5) is 28.0. The lowest BCUT2D eigenvalue weighted by molar-refractivity contribution is -0.139. The molecule has 13 heteroatoms. The number of carbonyl (C=O) groups excluding carboxylic acids is 2. The van der Waals surface area contributed by atoms with Crippen LogP contribution in [0.5, 0.6) is 0 Å². The fourth-order valence-electron chi connectivity index (χ4n) is 3.99. The Balaban J connectivity index is 2.12. The van der Waals surface area contributed by atoms with Crippen LogP contribution < -0.4 is 9.62 Å². The second-order valence-corrected chi connectivity index (χ2v) is 12.8. The highest BCUT2D eigenvalue weighted by atomic mass is 79.9. The first-order chi connectivity index (χ1) is 19.6. The summed E-state index contributed by atoms with van der Waals surface area (Å²) in [7, 11) is -4.59. The largest absolute Gasteiger partial charge is 0.416 e. The number of rotatable bonds is 11. The quantitative estimate of drug-likeness (QED) is 0.245. The first-order valence-electron chi connectivity index (χ1n) is 12.9. The minimum Gasteiger partial charge on any atom is -0.352 e. The van der Waals surface area contributed by atoms with Gasteiger partial charge in [0, 0.05) is 17.1 Å². The number of alkyl halides is 3. The second kappa shape index (κ2) is 13.9. The molecule has 2 amide bonds. The van der Waals surface area contributed by atoms with Gasteiger partial charge in [-0.2, -0.15) is 13.2 Å². The van der Waals surface area contributed by atoms with E-state index in [9.17, 15) is 31.2 Å². The van der Waals surface area contributed by atoms with E-state index < -0.39 is 51.9 Å². The van der Waals surface area contributed by atoms with E-state index in [1.165, 1.54) is 36.1 Å². The van der Waals surface area contributed by atoms with Crippen LogP contribution in [0.2, 0.25) is 5.02 Å². The summed E-state index contributed by atoms with van der Waals surface area (Å²) in [5.74, 6) is -1.29. The molecule has 7 nitrogen and oxygen atoms in total. The van der Waals surface area contributed by atoms with Crippen LogP contribution in [0.1, 0.15) is 38.3 Å². The normalized spacial score (nSPS) is 13.2. The maximum atomic E-state index is 14.0. The molecule has 0 radical (unpaired) electrons. The third-order valence-electron chi connectivity index (χ3n) is 6.56. The zero-order valence-corrected chi connectivity index (χ0v) is 26.2. The van der Waals surface area contributed by atoms with E-state index in [-0.39, 0.29) is 22.5 Å². The SMILES string of the molecule is CC[C@@H](C)NC(=O)[C@@H](C)N(Cc1cccc(Br)c1)C(=O)CN(c1cc(C(F)(F)F)ccc1Cl)S(=O)(=O)c1ccccc1. The summed E-state index contributed by atoms with van der Waals surface area (Å²) in [6.07, 6.45) is -4.17. The van der Waals surface area contributed by atoms with Crippen molar-refractivity contribution >= 4 is 55.1 Å². The van der Waals surface area contributed by atoms with Crippen molar-refractivity contribution in [2.24, 2.45) is 0 Å². The van der Waals surface area contributed by atoms with Crippen LogP contribution in [0.3, 0.4) is 0 Å². The third-order valence-corrected chi connectivity index (χ3v) is 9.15. The summed E-state index contributed by atoms with van der Waals surface area (Å²) in [6, 6.07) is 15.0. The lowest BCUT2D eigenvalue weighted by Gasteiger charge is -2.33. The van der Waals surface area contributed by atoms with E-state index in [1.807, 2.05) is 6.92 Å². The van der Waals surface area contributed by atoms with Gasteiger partial charge in [0.2, 0.25) is 11.8 Å². The molecule has 0 aliphatic heterocycles. The Labute approximate surface area is 256 Å². The number of hydrogen-bond donors (Lipinski definition) is 1. The topological polar surface area (TPSA) is 86.8 Å². The molecule has 1 N–H and O–H groups in total. The Hall–Kier alpha value is -3.09. The molecular weight excluding hydrogens is 659 g/mol. The number of hydrogen-bond acceptors (Lipinski definition) is 4. The minimum absolute atomic E-state index is 0.0804. The number of nitrogens with zero attached hydrogens (tertiary/aromatic N) is 2. The lowest BCUT2D eigenvalue weighted by Crippen LogP contribution is -2.52. The Morgan fingerprint density at radius 1 is 1.00 bits per heavy atom. The molecule has 3 rings (SSSR count). The summed E-state index contributed by atoms with van der Waals surface area (Å²) in [6.45, 7) is 4.18. The molecule has 0 heterocycles. The smallest absolute Gasteiger partial charge is 0.352 e. The predicted octanol–water partition coefficient (Wildman–Crippen LogP) is 6.65. The van der Waals surface area contributed by atoms with E-state index in [1.54, 1.807) is 37.3 Å². The van der Waals surface area contributed by atoms with Crippen molar-refractivity contribution in [3.05, 3.63) is 93.4 Å². The van der Waals surface area contributed by atoms with Gasteiger partial charge in [-0.3, -0.25) is 13.9 Å². The molecule has 0 aliphatic carbocycles. The number of carbonyl (C=O) groups is 2. The minimum atomic E-state index is -4.80. The van der Waals surface area contributed by atoms with Gasteiger partial charge in [0.25, 0.3) is 10.0 Å². The Bertz CT molecular complexity index is 1520. The highest BCUT2D eigenvalue weighted by molar-refractivity contribution is 9.10. The summed E-state index contributed by atoms with van der Waals surface area (Å²) in [5, 5.41) is 2.51. The van der Waals surface area contributed by atoms with E-state index in [0.29, 0.717) is 26.8 Å². The van der Waals surface area contributed by atoms with Crippen molar-refractivity contribution in [3.63, 3.8) is 0 Å². The average Bonchev–Trinajstić information content (AvgIpc) is 2.94. The van der Waals surface area contributed by atoms with Gasteiger partial charge >= 0.3 is 6.18 Å². The molecule has 0 saturated heterocycles. The fourth-order valence-corrected chi connectivity index (χ4v) is 6.16. The molecule has 0 unspecified atom stereocenters. The standard InChI is InChI=1S/C29H30BrClF3N3O4S/c1-4-19(2)35-28(39)20(3)36(17-21-9-8-10-23(30)15-21)27(38)18-37(42(40,41)24-11-6-5-7-12-24)26-16-22(29(32,33)34)13-14-25(26)31/h5-16,19-20H,4,17-18H2,1-3H3,(H,35,39)/t19-,20-/m1/s1.